The Morgan fingerprint density at radius 2 is 1.68 bits per heavy atom. The lowest BCUT2D eigenvalue weighted by atomic mass is 10.3. The van der Waals surface area contributed by atoms with E-state index in [-0.39, 0.29) is 42.2 Å². The quantitative estimate of drug-likeness (QED) is 0.355. The first kappa shape index (κ1) is 19.9. The Balaban J connectivity index is 2.14. The highest BCUT2D eigenvalue weighted by Gasteiger charge is 2.19. The Hall–Kier alpha value is -1.44. The highest BCUT2D eigenvalue weighted by molar-refractivity contribution is 6.50. The van der Waals surface area contributed by atoms with Crippen molar-refractivity contribution in [2.24, 2.45) is 0 Å². The molecule has 0 bridgehead atoms. The van der Waals surface area contributed by atoms with Crippen molar-refractivity contribution in [2.45, 2.75) is 0 Å². The van der Waals surface area contributed by atoms with Crippen LogP contribution in [0.25, 0.3) is 0 Å². The van der Waals surface area contributed by atoms with Crippen molar-refractivity contribution < 1.29 is 14.5 Å². The van der Waals surface area contributed by atoms with Gasteiger partial charge in [-0.1, -0.05) is 58.0 Å². The van der Waals surface area contributed by atoms with Gasteiger partial charge in [-0.2, -0.15) is 0 Å². The third-order valence-electron chi connectivity index (χ3n) is 2.85. The van der Waals surface area contributed by atoms with Gasteiger partial charge in [-0.3, -0.25) is 14.9 Å². The van der Waals surface area contributed by atoms with Crippen molar-refractivity contribution in [3.05, 3.63) is 59.5 Å². The van der Waals surface area contributed by atoms with E-state index in [2.05, 4.69) is 5.32 Å². The van der Waals surface area contributed by atoms with E-state index in [1.807, 2.05) is 0 Å². The fraction of sp³-hybridized carbons (Fsp3) is 0.0714. The number of halogens is 5. The predicted octanol–water partition coefficient (Wildman–Crippen LogP) is 5.88. The van der Waals surface area contributed by atoms with Crippen LogP contribution in [0.3, 0.4) is 0 Å². The van der Waals surface area contributed by atoms with Crippen molar-refractivity contribution in [3.63, 3.8) is 0 Å². The third-order valence-corrected chi connectivity index (χ3v) is 4.66. The lowest BCUT2D eigenvalue weighted by Gasteiger charge is -2.12. The van der Waals surface area contributed by atoms with Gasteiger partial charge >= 0.3 is 5.69 Å². The Bertz CT molecular complexity index is 833. The summed E-state index contributed by atoms with van der Waals surface area (Å²) >= 11 is 29.4. The smallest absolute Gasteiger partial charge is 0.312 e. The maximum absolute atomic E-state index is 12.0. The van der Waals surface area contributed by atoms with Gasteiger partial charge in [0.1, 0.15) is 0 Å². The normalized spacial score (nSPS) is 10.4. The number of hydrogen-bond acceptors (Lipinski definition) is 4. The van der Waals surface area contributed by atoms with Crippen LogP contribution in [0.5, 0.6) is 5.75 Å². The Morgan fingerprint density at radius 3 is 2.24 bits per heavy atom. The Labute approximate surface area is 166 Å². The van der Waals surface area contributed by atoms with E-state index in [0.29, 0.717) is 0 Å². The predicted molar refractivity (Wildman–Crippen MR) is 98.7 cm³/mol. The van der Waals surface area contributed by atoms with Gasteiger partial charge in [0.2, 0.25) is 0 Å². The maximum Gasteiger partial charge on any atom is 0.312 e. The zero-order valence-corrected chi connectivity index (χ0v) is 15.8. The summed E-state index contributed by atoms with van der Waals surface area (Å²) in [4.78, 5) is 22.3. The Kier molecular flexibility index (Phi) is 6.59. The number of rotatable bonds is 5. The third kappa shape index (κ3) is 4.80. The van der Waals surface area contributed by atoms with Gasteiger partial charge in [0.15, 0.2) is 12.4 Å². The monoisotopic (exact) mass is 442 g/mol. The van der Waals surface area contributed by atoms with E-state index in [1.54, 1.807) is 0 Å². The summed E-state index contributed by atoms with van der Waals surface area (Å²) in [7, 11) is 0. The molecule has 0 unspecified atom stereocenters. The van der Waals surface area contributed by atoms with Crippen LogP contribution in [0.1, 0.15) is 0 Å². The van der Waals surface area contributed by atoms with Gasteiger partial charge in [-0.05, 0) is 18.2 Å². The second-order valence-corrected chi connectivity index (χ2v) is 6.56. The zero-order valence-electron chi connectivity index (χ0n) is 12.0. The molecule has 0 heterocycles. The molecule has 0 fully saturated rings. The van der Waals surface area contributed by atoms with Crippen molar-refractivity contribution in [2.75, 3.05) is 11.9 Å². The molecular weight excluding hydrogens is 437 g/mol. The highest BCUT2D eigenvalue weighted by Crippen LogP contribution is 2.41. The maximum atomic E-state index is 12.0. The molecule has 0 aliphatic rings. The summed E-state index contributed by atoms with van der Waals surface area (Å²) in [5, 5.41) is 13.7. The van der Waals surface area contributed by atoms with E-state index in [9.17, 15) is 14.9 Å². The van der Waals surface area contributed by atoms with E-state index in [0.717, 1.165) is 6.07 Å². The molecule has 0 aliphatic heterocycles. The first-order valence-corrected chi connectivity index (χ1v) is 8.29. The van der Waals surface area contributed by atoms with E-state index in [4.69, 9.17) is 62.7 Å². The summed E-state index contributed by atoms with van der Waals surface area (Å²) in [6.45, 7) is -0.542. The van der Waals surface area contributed by atoms with Gasteiger partial charge in [-0.15, -0.1) is 0 Å². The molecule has 0 spiro atoms. The lowest BCUT2D eigenvalue weighted by molar-refractivity contribution is -0.385. The van der Waals surface area contributed by atoms with E-state index < -0.39 is 17.4 Å². The second-order valence-electron chi connectivity index (χ2n) is 4.55. The van der Waals surface area contributed by atoms with Crippen molar-refractivity contribution in [1.29, 1.82) is 0 Å². The minimum atomic E-state index is -0.677. The molecule has 0 atom stereocenters. The number of benzene rings is 2. The minimum absolute atomic E-state index is 0.00175. The molecule has 2 aromatic carbocycles. The average molecular weight is 444 g/mol. The molecule has 25 heavy (non-hydrogen) atoms. The number of nitro benzene ring substituents is 1. The van der Waals surface area contributed by atoms with Crippen molar-refractivity contribution in [1.82, 2.24) is 0 Å². The van der Waals surface area contributed by atoms with Crippen LogP contribution >= 0.6 is 58.0 Å². The highest BCUT2D eigenvalue weighted by atomic mass is 35.5. The van der Waals surface area contributed by atoms with Crippen LogP contribution in [0.15, 0.2) is 24.3 Å². The van der Waals surface area contributed by atoms with Gasteiger partial charge in [0.05, 0.1) is 30.7 Å². The molecular formula is C14H7Cl5N2O4. The van der Waals surface area contributed by atoms with Crippen LogP contribution in [-0.2, 0) is 4.79 Å². The topological polar surface area (TPSA) is 81.5 Å². The van der Waals surface area contributed by atoms with Crippen LogP contribution in [-0.4, -0.2) is 17.4 Å². The number of nitrogens with one attached hydrogen (secondary N) is 1. The number of carbonyl (C=O) groups is 1. The largest absolute Gasteiger partial charge is 0.477 e. The van der Waals surface area contributed by atoms with Crippen molar-refractivity contribution in [3.8, 4) is 5.75 Å². The summed E-state index contributed by atoms with van der Waals surface area (Å²) in [6.07, 6.45) is 0. The Morgan fingerprint density at radius 1 is 1.08 bits per heavy atom. The molecule has 132 valence electrons. The molecule has 0 aromatic heterocycles. The van der Waals surface area contributed by atoms with Crippen LogP contribution in [0.2, 0.25) is 25.1 Å². The van der Waals surface area contributed by atoms with Crippen LogP contribution in [0.4, 0.5) is 11.4 Å². The fourth-order valence-electron chi connectivity index (χ4n) is 1.76. The van der Waals surface area contributed by atoms with E-state index in [1.165, 1.54) is 18.2 Å². The summed E-state index contributed by atoms with van der Waals surface area (Å²) in [5.41, 5.74) is -0.359. The molecule has 2 rings (SSSR count). The number of amides is 1. The lowest BCUT2D eigenvalue weighted by Crippen LogP contribution is -2.21. The zero-order chi connectivity index (χ0) is 18.7. The molecule has 0 saturated carbocycles. The molecule has 0 radical (unpaired) electrons. The van der Waals surface area contributed by atoms with E-state index >= 15 is 0 Å². The molecule has 6 nitrogen and oxygen atoms in total. The number of ether oxygens (including phenoxy) is 1. The first-order valence-electron chi connectivity index (χ1n) is 6.40. The summed E-state index contributed by atoms with van der Waals surface area (Å²) in [5.74, 6) is -0.794. The fourth-order valence-corrected chi connectivity index (χ4v) is 2.83. The molecule has 0 aliphatic carbocycles. The molecule has 2 aromatic rings. The van der Waals surface area contributed by atoms with Crippen LogP contribution < -0.4 is 10.1 Å². The van der Waals surface area contributed by atoms with Gasteiger partial charge in [0, 0.05) is 11.1 Å². The van der Waals surface area contributed by atoms with Crippen LogP contribution in [0, 0.1) is 10.1 Å². The average Bonchev–Trinajstić information content (AvgIpc) is 2.55. The standard InChI is InChI=1S/C14H7Cl5N2O4/c15-6-1-2-10(9(3-6)21(23)24)25-5-11(22)20-14-12(18)7(16)4-8(17)13(14)19/h1-4H,5H2,(H,20,22). The van der Waals surface area contributed by atoms with Gasteiger partial charge in [0.25, 0.3) is 5.91 Å². The number of nitro groups is 1. The number of nitrogens with zero attached hydrogens (tertiary/aromatic N) is 1. The number of hydrogen-bond donors (Lipinski definition) is 1. The SMILES string of the molecule is O=C(COc1ccc(Cl)cc1[N+](=O)[O-])Nc1c(Cl)c(Cl)cc(Cl)c1Cl. The number of anilines is 1. The molecule has 1 N–H and O–H groups in total. The first-order chi connectivity index (χ1) is 11.7. The minimum Gasteiger partial charge on any atom is -0.477 e. The molecule has 1 amide bonds. The second kappa shape index (κ2) is 8.29. The molecule has 0 saturated heterocycles. The number of carbonyl (C=O) groups excluding carboxylic acids is 1. The van der Waals surface area contributed by atoms with Crippen molar-refractivity contribution >= 4 is 75.3 Å². The summed E-state index contributed by atoms with van der Waals surface area (Å²) < 4.78 is 5.16. The summed E-state index contributed by atoms with van der Waals surface area (Å²) in [6, 6.07) is 5.12. The van der Waals surface area contributed by atoms with Gasteiger partial charge < -0.3 is 10.1 Å². The van der Waals surface area contributed by atoms with Gasteiger partial charge in [-0.25, -0.2) is 0 Å². The molecule has 11 heteroatoms.